The van der Waals surface area contributed by atoms with Gasteiger partial charge in [-0.1, -0.05) is 30.2 Å². The number of nitrogens with one attached hydrogen (secondary N) is 2. The third-order valence-corrected chi connectivity index (χ3v) is 3.79. The molecule has 0 aliphatic heterocycles. The lowest BCUT2D eigenvalue weighted by molar-refractivity contribution is -0.145. The molecule has 108 valence electrons. The molecule has 2 amide bonds. The maximum Gasteiger partial charge on any atom is 0.319 e. The Balaban J connectivity index is 1.94. The average molecular weight is 297 g/mol. The molecule has 0 saturated heterocycles. The molecule has 5 nitrogen and oxygen atoms in total. The van der Waals surface area contributed by atoms with Crippen molar-refractivity contribution < 1.29 is 14.3 Å². The number of amides is 2. The van der Waals surface area contributed by atoms with Crippen LogP contribution in [-0.4, -0.2) is 25.2 Å². The van der Waals surface area contributed by atoms with Gasteiger partial charge >= 0.3 is 12.0 Å². The summed E-state index contributed by atoms with van der Waals surface area (Å²) in [5, 5.41) is 5.96. The van der Waals surface area contributed by atoms with E-state index in [9.17, 15) is 9.59 Å². The third-order valence-electron chi connectivity index (χ3n) is 3.46. The summed E-state index contributed by atoms with van der Waals surface area (Å²) >= 11 is 5.97. The lowest BCUT2D eigenvalue weighted by Crippen LogP contribution is -2.42. The molecule has 2 rings (SSSR count). The van der Waals surface area contributed by atoms with Gasteiger partial charge in [-0.05, 0) is 25.0 Å². The van der Waals surface area contributed by atoms with Crippen LogP contribution < -0.4 is 10.6 Å². The summed E-state index contributed by atoms with van der Waals surface area (Å²) in [6.07, 6.45) is 2.41. The number of carbonyl (C=O) groups is 2. The molecule has 0 unspecified atom stereocenters. The van der Waals surface area contributed by atoms with Crippen molar-refractivity contribution in [1.29, 1.82) is 0 Å². The molecule has 1 aromatic carbocycles. The summed E-state index contributed by atoms with van der Waals surface area (Å²) in [7, 11) is 1.36. The van der Waals surface area contributed by atoms with Gasteiger partial charge in [-0.15, -0.1) is 0 Å². The number of methoxy groups -OCH3 is 1. The van der Waals surface area contributed by atoms with Gasteiger partial charge in [-0.25, -0.2) is 4.79 Å². The van der Waals surface area contributed by atoms with Crippen LogP contribution in [0.3, 0.4) is 0 Å². The molecular formula is C14H17ClN2O3. The minimum absolute atomic E-state index is 0.190. The molecule has 0 aromatic heterocycles. The topological polar surface area (TPSA) is 67.4 Å². The predicted octanol–water partition coefficient (Wildman–Crippen LogP) is 2.80. The van der Waals surface area contributed by atoms with Gasteiger partial charge in [0.25, 0.3) is 0 Å². The molecule has 0 spiro atoms. The highest BCUT2D eigenvalue weighted by atomic mass is 35.5. The monoisotopic (exact) mass is 296 g/mol. The summed E-state index contributed by atoms with van der Waals surface area (Å²) in [6, 6.07) is 6.44. The van der Waals surface area contributed by atoms with E-state index in [1.54, 1.807) is 24.3 Å². The summed E-state index contributed by atoms with van der Waals surface area (Å²) in [4.78, 5) is 23.5. The quantitative estimate of drug-likeness (QED) is 0.843. The zero-order chi connectivity index (χ0) is 14.5. The molecule has 0 heterocycles. The van der Waals surface area contributed by atoms with Crippen molar-refractivity contribution in [2.75, 3.05) is 12.4 Å². The molecular weight excluding hydrogens is 280 g/mol. The summed E-state index contributed by atoms with van der Waals surface area (Å²) in [5.74, 6) is -0.539. The minimum atomic E-state index is -0.362. The molecule has 1 saturated carbocycles. The highest BCUT2D eigenvalue weighted by molar-refractivity contribution is 6.33. The number of halogens is 1. The molecule has 1 aromatic rings. The van der Waals surface area contributed by atoms with Crippen molar-refractivity contribution in [2.24, 2.45) is 5.92 Å². The molecule has 2 atom stereocenters. The van der Waals surface area contributed by atoms with Crippen LogP contribution in [0.1, 0.15) is 19.3 Å². The SMILES string of the molecule is COC(=O)[C@@H]1CCC[C@H]1NC(=O)Nc1ccccc1Cl. The summed E-state index contributed by atoms with van der Waals surface area (Å²) in [6.45, 7) is 0. The van der Waals surface area contributed by atoms with Crippen LogP contribution in [-0.2, 0) is 9.53 Å². The molecule has 1 aliphatic carbocycles. The molecule has 0 radical (unpaired) electrons. The molecule has 1 fully saturated rings. The van der Waals surface area contributed by atoms with E-state index in [-0.39, 0.29) is 24.0 Å². The van der Waals surface area contributed by atoms with Crippen LogP contribution in [0.15, 0.2) is 24.3 Å². The highest BCUT2D eigenvalue weighted by Crippen LogP contribution is 2.27. The average Bonchev–Trinajstić information content (AvgIpc) is 2.88. The Labute approximate surface area is 122 Å². The number of benzene rings is 1. The van der Waals surface area contributed by atoms with Crippen LogP contribution >= 0.6 is 11.6 Å². The van der Waals surface area contributed by atoms with Crippen molar-refractivity contribution in [1.82, 2.24) is 5.32 Å². The number of ether oxygens (including phenoxy) is 1. The number of carbonyl (C=O) groups excluding carboxylic acids is 2. The van der Waals surface area contributed by atoms with Crippen LogP contribution in [0.4, 0.5) is 10.5 Å². The second-order valence-corrected chi connectivity index (χ2v) is 5.15. The first kappa shape index (κ1) is 14.7. The second kappa shape index (κ2) is 6.61. The zero-order valence-corrected chi connectivity index (χ0v) is 11.9. The van der Waals surface area contributed by atoms with Crippen molar-refractivity contribution in [2.45, 2.75) is 25.3 Å². The van der Waals surface area contributed by atoms with E-state index >= 15 is 0 Å². The number of urea groups is 1. The maximum atomic E-state index is 11.9. The van der Waals surface area contributed by atoms with Crippen LogP contribution in [0.5, 0.6) is 0 Å². The van der Waals surface area contributed by atoms with E-state index in [0.29, 0.717) is 10.7 Å². The Morgan fingerprint density at radius 3 is 2.75 bits per heavy atom. The van der Waals surface area contributed by atoms with E-state index < -0.39 is 0 Å². The molecule has 20 heavy (non-hydrogen) atoms. The molecule has 1 aliphatic rings. The maximum absolute atomic E-state index is 11.9. The largest absolute Gasteiger partial charge is 0.469 e. The number of para-hydroxylation sites is 1. The molecule has 6 heteroatoms. The number of anilines is 1. The predicted molar refractivity (Wildman–Crippen MR) is 76.8 cm³/mol. The Hall–Kier alpha value is -1.75. The first-order valence-electron chi connectivity index (χ1n) is 6.51. The van der Waals surface area contributed by atoms with Crippen molar-refractivity contribution in [3.8, 4) is 0 Å². The van der Waals surface area contributed by atoms with Crippen molar-refractivity contribution in [3.05, 3.63) is 29.3 Å². The number of esters is 1. The Morgan fingerprint density at radius 2 is 2.05 bits per heavy atom. The minimum Gasteiger partial charge on any atom is -0.469 e. The van der Waals surface area contributed by atoms with Crippen molar-refractivity contribution in [3.63, 3.8) is 0 Å². The number of hydrogen-bond acceptors (Lipinski definition) is 3. The first-order chi connectivity index (χ1) is 9.61. The van der Waals surface area contributed by atoms with Gasteiger partial charge in [0, 0.05) is 6.04 Å². The van der Waals surface area contributed by atoms with Gasteiger partial charge in [0.05, 0.1) is 23.7 Å². The lowest BCUT2D eigenvalue weighted by atomic mass is 10.0. The van der Waals surface area contributed by atoms with E-state index in [2.05, 4.69) is 10.6 Å². The standard InChI is InChI=1S/C14H17ClN2O3/c1-20-13(18)9-5-4-8-11(9)16-14(19)17-12-7-3-2-6-10(12)15/h2-3,6-7,9,11H,4-5,8H2,1H3,(H2,16,17,19)/t9-,11-/m1/s1. The van der Waals surface area contributed by atoms with Gasteiger partial charge in [-0.2, -0.15) is 0 Å². The van der Waals surface area contributed by atoms with E-state index in [1.165, 1.54) is 7.11 Å². The fraction of sp³-hybridized carbons (Fsp3) is 0.429. The number of rotatable bonds is 3. The third kappa shape index (κ3) is 3.42. The molecule has 0 bridgehead atoms. The van der Waals surface area contributed by atoms with Crippen LogP contribution in [0, 0.1) is 5.92 Å². The Bertz CT molecular complexity index is 507. The van der Waals surface area contributed by atoms with Crippen molar-refractivity contribution >= 4 is 29.3 Å². The smallest absolute Gasteiger partial charge is 0.319 e. The lowest BCUT2D eigenvalue weighted by Gasteiger charge is -2.19. The fourth-order valence-corrected chi connectivity index (χ4v) is 2.64. The van der Waals surface area contributed by atoms with Gasteiger partial charge in [0.2, 0.25) is 0 Å². The summed E-state index contributed by atoms with van der Waals surface area (Å²) in [5.41, 5.74) is 0.541. The van der Waals surface area contributed by atoms with Crippen LogP contribution in [0.2, 0.25) is 5.02 Å². The second-order valence-electron chi connectivity index (χ2n) is 4.75. The van der Waals surface area contributed by atoms with Gasteiger partial charge in [-0.3, -0.25) is 4.79 Å². The zero-order valence-electron chi connectivity index (χ0n) is 11.2. The normalized spacial score (nSPS) is 21.3. The fourth-order valence-electron chi connectivity index (χ4n) is 2.46. The highest BCUT2D eigenvalue weighted by Gasteiger charge is 2.34. The van der Waals surface area contributed by atoms with Crippen LogP contribution in [0.25, 0.3) is 0 Å². The number of hydrogen-bond donors (Lipinski definition) is 2. The van der Waals surface area contributed by atoms with Gasteiger partial charge in [0.1, 0.15) is 0 Å². The van der Waals surface area contributed by atoms with Gasteiger partial charge < -0.3 is 15.4 Å². The molecule has 2 N–H and O–H groups in total. The Morgan fingerprint density at radius 1 is 1.30 bits per heavy atom. The Kier molecular flexibility index (Phi) is 4.84. The van der Waals surface area contributed by atoms with E-state index in [0.717, 1.165) is 19.3 Å². The first-order valence-corrected chi connectivity index (χ1v) is 6.89. The van der Waals surface area contributed by atoms with Gasteiger partial charge in [0.15, 0.2) is 0 Å². The summed E-state index contributed by atoms with van der Waals surface area (Å²) < 4.78 is 4.75. The van der Waals surface area contributed by atoms with E-state index in [4.69, 9.17) is 16.3 Å². The van der Waals surface area contributed by atoms with E-state index in [1.807, 2.05) is 0 Å².